The fourth-order valence-corrected chi connectivity index (χ4v) is 2.83. The highest BCUT2D eigenvalue weighted by atomic mass is 16.6. The van der Waals surface area contributed by atoms with Gasteiger partial charge in [0.1, 0.15) is 5.75 Å². The van der Waals surface area contributed by atoms with Crippen LogP contribution in [0.5, 0.6) is 5.75 Å². The van der Waals surface area contributed by atoms with Gasteiger partial charge in [0.05, 0.1) is 12.5 Å². The van der Waals surface area contributed by atoms with Crippen LogP contribution in [0.2, 0.25) is 0 Å². The number of amides is 1. The lowest BCUT2D eigenvalue weighted by Gasteiger charge is -2.25. The van der Waals surface area contributed by atoms with Crippen molar-refractivity contribution >= 4 is 17.6 Å². The summed E-state index contributed by atoms with van der Waals surface area (Å²) >= 11 is 0. The van der Waals surface area contributed by atoms with Crippen molar-refractivity contribution in [3.05, 3.63) is 60.2 Å². The molecule has 2 aromatic rings. The van der Waals surface area contributed by atoms with E-state index in [0.717, 1.165) is 5.56 Å². The zero-order valence-electron chi connectivity index (χ0n) is 17.9. The van der Waals surface area contributed by atoms with E-state index in [1.54, 1.807) is 24.3 Å². The fraction of sp³-hybridized carbons (Fsp3) is 0.375. The molecule has 0 N–H and O–H groups in total. The Kier molecular flexibility index (Phi) is 7.99. The van der Waals surface area contributed by atoms with Crippen molar-refractivity contribution in [2.75, 3.05) is 18.1 Å². The van der Waals surface area contributed by atoms with Crippen molar-refractivity contribution in [2.24, 2.45) is 0 Å². The summed E-state index contributed by atoms with van der Waals surface area (Å²) in [5.74, 6) is -0.470. The van der Waals surface area contributed by atoms with Crippen molar-refractivity contribution in [3.63, 3.8) is 0 Å². The molecule has 0 fully saturated rings. The molecule has 1 unspecified atom stereocenters. The number of esters is 1. The molecule has 0 saturated heterocycles. The van der Waals surface area contributed by atoms with Crippen LogP contribution < -0.4 is 9.64 Å². The summed E-state index contributed by atoms with van der Waals surface area (Å²) in [5.41, 5.74) is 1.84. The predicted molar refractivity (Wildman–Crippen MR) is 115 cm³/mol. The van der Waals surface area contributed by atoms with Crippen LogP contribution in [-0.2, 0) is 19.7 Å². The maximum absolute atomic E-state index is 12.8. The van der Waals surface area contributed by atoms with E-state index in [1.165, 1.54) is 11.8 Å². The minimum Gasteiger partial charge on any atom is -0.482 e. The third kappa shape index (κ3) is 6.63. The Labute approximate surface area is 178 Å². The predicted octanol–water partition coefficient (Wildman–Crippen LogP) is 4.24. The maximum Gasteiger partial charge on any atom is 0.344 e. The summed E-state index contributed by atoms with van der Waals surface area (Å²) < 4.78 is 10.7. The Morgan fingerprint density at radius 1 is 1.07 bits per heavy atom. The van der Waals surface area contributed by atoms with Crippen LogP contribution >= 0.6 is 0 Å². The lowest BCUT2D eigenvalue weighted by molar-refractivity contribution is -0.155. The topological polar surface area (TPSA) is 79.6 Å². The molecule has 0 radical (unpaired) electrons. The molecule has 0 aliphatic carbocycles. The average Bonchev–Trinajstić information content (AvgIpc) is 2.72. The van der Waals surface area contributed by atoms with Crippen molar-refractivity contribution < 1.29 is 19.1 Å². The molecule has 158 valence electrons. The van der Waals surface area contributed by atoms with E-state index in [-0.39, 0.29) is 30.9 Å². The Hall–Kier alpha value is -3.33. The normalized spacial score (nSPS) is 11.8. The van der Waals surface area contributed by atoms with Gasteiger partial charge >= 0.3 is 5.97 Å². The second-order valence-corrected chi connectivity index (χ2v) is 7.93. The molecule has 1 amide bonds. The van der Waals surface area contributed by atoms with Gasteiger partial charge in [-0.25, -0.2) is 4.79 Å². The number of nitrogens with zero attached hydrogens (tertiary/aromatic N) is 2. The van der Waals surface area contributed by atoms with Gasteiger partial charge in [0.15, 0.2) is 12.7 Å². The Balaban J connectivity index is 1.93. The van der Waals surface area contributed by atoms with Crippen LogP contribution in [0.4, 0.5) is 5.69 Å². The molecule has 6 heteroatoms. The molecule has 0 aromatic heterocycles. The summed E-state index contributed by atoms with van der Waals surface area (Å²) in [6.45, 7) is 7.80. The number of hydrogen-bond acceptors (Lipinski definition) is 5. The van der Waals surface area contributed by atoms with Crippen LogP contribution in [-0.4, -0.2) is 31.1 Å². The summed E-state index contributed by atoms with van der Waals surface area (Å²) in [4.78, 5) is 26.4. The van der Waals surface area contributed by atoms with Gasteiger partial charge in [-0.15, -0.1) is 0 Å². The third-order valence-corrected chi connectivity index (χ3v) is 4.51. The SMILES string of the molecule is CC(OC(=O)COc1ccc(C(C)(C)C)cc1)C(=O)N(CCC#N)c1ccccc1. The van der Waals surface area contributed by atoms with Gasteiger partial charge in [-0.1, -0.05) is 51.1 Å². The van der Waals surface area contributed by atoms with Gasteiger partial charge in [-0.2, -0.15) is 5.26 Å². The van der Waals surface area contributed by atoms with Gasteiger partial charge in [0.2, 0.25) is 0 Å². The van der Waals surface area contributed by atoms with Gasteiger partial charge in [0, 0.05) is 12.2 Å². The van der Waals surface area contributed by atoms with Gasteiger partial charge in [0.25, 0.3) is 5.91 Å². The van der Waals surface area contributed by atoms with Gasteiger partial charge < -0.3 is 14.4 Å². The Morgan fingerprint density at radius 2 is 1.70 bits per heavy atom. The minimum atomic E-state index is -0.997. The highest BCUT2D eigenvalue weighted by Crippen LogP contribution is 2.24. The lowest BCUT2D eigenvalue weighted by atomic mass is 9.87. The van der Waals surface area contributed by atoms with Crippen LogP contribution in [0.1, 0.15) is 39.7 Å². The molecule has 30 heavy (non-hydrogen) atoms. The molecule has 0 spiro atoms. The van der Waals surface area contributed by atoms with Gasteiger partial charge in [-0.3, -0.25) is 4.79 Å². The van der Waals surface area contributed by atoms with E-state index < -0.39 is 12.1 Å². The molecule has 0 heterocycles. The highest BCUT2D eigenvalue weighted by Gasteiger charge is 2.25. The van der Waals surface area contributed by atoms with E-state index in [2.05, 4.69) is 20.8 Å². The second-order valence-electron chi connectivity index (χ2n) is 7.93. The summed E-state index contributed by atoms with van der Waals surface area (Å²) in [7, 11) is 0. The quantitative estimate of drug-likeness (QED) is 0.610. The molecule has 0 aliphatic heterocycles. The van der Waals surface area contributed by atoms with Gasteiger partial charge in [-0.05, 0) is 42.2 Å². The van der Waals surface area contributed by atoms with Crippen molar-refractivity contribution in [1.29, 1.82) is 5.26 Å². The third-order valence-electron chi connectivity index (χ3n) is 4.51. The lowest BCUT2D eigenvalue weighted by Crippen LogP contribution is -2.41. The first-order valence-corrected chi connectivity index (χ1v) is 9.88. The number of carbonyl (C=O) groups excluding carboxylic acids is 2. The van der Waals surface area contributed by atoms with E-state index in [1.807, 2.05) is 36.4 Å². The number of hydrogen-bond donors (Lipinski definition) is 0. The van der Waals surface area contributed by atoms with E-state index in [0.29, 0.717) is 11.4 Å². The second kappa shape index (κ2) is 10.4. The van der Waals surface area contributed by atoms with Crippen molar-refractivity contribution in [3.8, 4) is 11.8 Å². The van der Waals surface area contributed by atoms with E-state index >= 15 is 0 Å². The number of nitriles is 1. The average molecular weight is 408 g/mol. The fourth-order valence-electron chi connectivity index (χ4n) is 2.83. The zero-order chi connectivity index (χ0) is 22.1. The van der Waals surface area contributed by atoms with E-state index in [9.17, 15) is 9.59 Å². The molecule has 6 nitrogen and oxygen atoms in total. The van der Waals surface area contributed by atoms with Crippen LogP contribution in [0.25, 0.3) is 0 Å². The first kappa shape index (κ1) is 23.0. The largest absolute Gasteiger partial charge is 0.482 e. The Morgan fingerprint density at radius 3 is 2.27 bits per heavy atom. The van der Waals surface area contributed by atoms with E-state index in [4.69, 9.17) is 14.7 Å². The monoisotopic (exact) mass is 408 g/mol. The first-order chi connectivity index (χ1) is 14.2. The number of carbonyl (C=O) groups is 2. The summed E-state index contributed by atoms with van der Waals surface area (Å²) in [6.07, 6.45) is -0.821. The van der Waals surface area contributed by atoms with Crippen LogP contribution in [0.15, 0.2) is 54.6 Å². The molecule has 2 aromatic carbocycles. The van der Waals surface area contributed by atoms with Crippen molar-refractivity contribution in [1.82, 2.24) is 0 Å². The van der Waals surface area contributed by atoms with Crippen molar-refractivity contribution in [2.45, 2.75) is 45.6 Å². The number of ether oxygens (including phenoxy) is 2. The molecular formula is C24H28N2O4. The minimum absolute atomic E-state index is 0.0312. The molecule has 0 bridgehead atoms. The maximum atomic E-state index is 12.8. The highest BCUT2D eigenvalue weighted by molar-refractivity contribution is 5.97. The number of anilines is 1. The smallest absolute Gasteiger partial charge is 0.344 e. The summed E-state index contributed by atoms with van der Waals surface area (Å²) in [6, 6.07) is 18.6. The molecule has 0 saturated carbocycles. The molecule has 2 rings (SSSR count). The standard InChI is InChI=1S/C24H28N2O4/c1-18(23(28)26(16-8-15-25)20-9-6-5-7-10-20)30-22(27)17-29-21-13-11-19(12-14-21)24(2,3)4/h5-7,9-14,18H,8,16-17H2,1-4H3. The number of para-hydroxylation sites is 1. The first-order valence-electron chi connectivity index (χ1n) is 9.88. The molecule has 0 aliphatic rings. The Bertz CT molecular complexity index is 880. The number of benzene rings is 2. The van der Waals surface area contributed by atoms with Crippen LogP contribution in [0, 0.1) is 11.3 Å². The van der Waals surface area contributed by atoms with Crippen LogP contribution in [0.3, 0.4) is 0 Å². The molecule has 1 atom stereocenters. The zero-order valence-corrected chi connectivity index (χ0v) is 17.9. The molecular weight excluding hydrogens is 380 g/mol. The number of rotatable bonds is 8. The summed E-state index contributed by atoms with van der Waals surface area (Å²) in [5, 5.41) is 8.88.